The summed E-state index contributed by atoms with van der Waals surface area (Å²) in [5.41, 5.74) is 0.518. The smallest absolute Gasteiger partial charge is 0.165 e. The van der Waals surface area contributed by atoms with Crippen molar-refractivity contribution in [2.45, 2.75) is 54.9 Å². The Kier molecular flexibility index (Phi) is 3.68. The first-order valence-electron chi connectivity index (χ1n) is 8.80. The van der Waals surface area contributed by atoms with Gasteiger partial charge in [-0.2, -0.15) is 0 Å². The number of likely N-dealkylation sites (tertiary alicyclic amines) is 1. The second-order valence-corrected chi connectivity index (χ2v) is 7.74. The van der Waals surface area contributed by atoms with Crippen LogP contribution in [0.5, 0.6) is 11.5 Å². The number of benzene rings is 1. The number of nitrogens with zero attached hydrogens (tertiary/aromatic N) is 1. The highest BCUT2D eigenvalue weighted by Crippen LogP contribution is 2.65. The van der Waals surface area contributed by atoms with Crippen LogP contribution in [-0.4, -0.2) is 57.2 Å². The number of ether oxygens (including phenoxy) is 1. The third-order valence-electron chi connectivity index (χ3n) is 6.91. The molecular formula is C19H24ClNO4. The van der Waals surface area contributed by atoms with Crippen LogP contribution >= 0.6 is 12.4 Å². The first-order valence-corrected chi connectivity index (χ1v) is 8.80. The van der Waals surface area contributed by atoms with Gasteiger partial charge in [-0.05, 0) is 43.9 Å². The van der Waals surface area contributed by atoms with Crippen LogP contribution in [0.15, 0.2) is 24.8 Å². The lowest BCUT2D eigenvalue weighted by Gasteiger charge is -2.63. The average Bonchev–Trinajstić information content (AvgIpc) is 2.91. The number of aliphatic hydroxyl groups excluding tert-OH is 1. The Labute approximate surface area is 153 Å². The number of hydrogen-bond acceptors (Lipinski definition) is 5. The van der Waals surface area contributed by atoms with Gasteiger partial charge in [-0.15, -0.1) is 19.0 Å². The Morgan fingerprint density at radius 3 is 2.92 bits per heavy atom. The van der Waals surface area contributed by atoms with E-state index >= 15 is 0 Å². The molecule has 3 N–H and O–H groups in total. The van der Waals surface area contributed by atoms with Crippen LogP contribution in [0.1, 0.15) is 30.4 Å². The van der Waals surface area contributed by atoms with Gasteiger partial charge in [0.1, 0.15) is 6.10 Å². The van der Waals surface area contributed by atoms with Crippen molar-refractivity contribution >= 4 is 12.4 Å². The quantitative estimate of drug-likeness (QED) is 0.693. The molecule has 0 radical (unpaired) electrons. The van der Waals surface area contributed by atoms with Crippen molar-refractivity contribution in [1.82, 2.24) is 4.90 Å². The van der Waals surface area contributed by atoms with E-state index < -0.39 is 23.2 Å². The molecule has 2 aliphatic carbocycles. The Morgan fingerprint density at radius 1 is 1.36 bits per heavy atom. The van der Waals surface area contributed by atoms with E-state index in [1.807, 2.05) is 12.1 Å². The van der Waals surface area contributed by atoms with Crippen LogP contribution in [0.2, 0.25) is 0 Å². The van der Waals surface area contributed by atoms with E-state index in [0.717, 1.165) is 37.1 Å². The standard InChI is InChI=1S/C19H23NO4.ClH/c1-2-8-20-9-7-18-15-11-3-4-12(21)16(15)24-17(18)13(22)5-6-19(18,23)14(20)10-11;/h2-4,13-14,17,21-23H,1,5-10H2;1H/t13-,14+,17?,18-,19+;/m0./s1. The molecule has 1 saturated heterocycles. The summed E-state index contributed by atoms with van der Waals surface area (Å²) in [4.78, 5) is 2.31. The first kappa shape index (κ1) is 17.2. The topological polar surface area (TPSA) is 73.2 Å². The molecule has 5 atom stereocenters. The summed E-state index contributed by atoms with van der Waals surface area (Å²) in [6.45, 7) is 5.44. The van der Waals surface area contributed by atoms with Gasteiger partial charge in [0.15, 0.2) is 11.5 Å². The fraction of sp³-hybridized carbons (Fsp3) is 0.579. The summed E-state index contributed by atoms with van der Waals surface area (Å²) in [6, 6.07) is 3.62. The molecule has 1 spiro atoms. The summed E-state index contributed by atoms with van der Waals surface area (Å²) in [6.07, 6.45) is 3.33. The molecule has 1 unspecified atom stereocenters. The number of phenols is 1. The minimum absolute atomic E-state index is 0. The van der Waals surface area contributed by atoms with E-state index in [9.17, 15) is 15.3 Å². The molecule has 6 heteroatoms. The zero-order valence-corrected chi connectivity index (χ0v) is 14.8. The van der Waals surface area contributed by atoms with E-state index in [1.54, 1.807) is 6.07 Å². The Bertz CT molecular complexity index is 740. The molecule has 5 nitrogen and oxygen atoms in total. The predicted molar refractivity (Wildman–Crippen MR) is 95.5 cm³/mol. The lowest BCUT2D eigenvalue weighted by Crippen LogP contribution is -2.77. The fourth-order valence-corrected chi connectivity index (χ4v) is 5.99. The molecule has 1 saturated carbocycles. The maximum atomic E-state index is 11.9. The van der Waals surface area contributed by atoms with Crippen molar-refractivity contribution in [1.29, 1.82) is 0 Å². The van der Waals surface area contributed by atoms with Crippen LogP contribution < -0.4 is 4.74 Å². The van der Waals surface area contributed by atoms with Crippen molar-refractivity contribution < 1.29 is 20.1 Å². The number of aliphatic hydroxyl groups is 2. The van der Waals surface area contributed by atoms with Gasteiger partial charge < -0.3 is 20.1 Å². The predicted octanol–water partition coefficient (Wildman–Crippen LogP) is 1.51. The molecule has 2 heterocycles. The number of phenolic OH excluding ortho intramolecular Hbond substituents is 1. The summed E-state index contributed by atoms with van der Waals surface area (Å²) >= 11 is 0. The van der Waals surface area contributed by atoms with Gasteiger partial charge in [0, 0.05) is 18.2 Å². The molecule has 1 aromatic rings. The lowest BCUT2D eigenvalue weighted by molar-refractivity contribution is -0.206. The molecule has 0 amide bonds. The zero-order chi connectivity index (χ0) is 16.7. The minimum Gasteiger partial charge on any atom is -0.504 e. The molecule has 1 aromatic carbocycles. The van der Waals surface area contributed by atoms with Crippen molar-refractivity contribution in [2.75, 3.05) is 13.1 Å². The number of aromatic hydroxyl groups is 1. The van der Waals surface area contributed by atoms with Crippen LogP contribution in [0.3, 0.4) is 0 Å². The monoisotopic (exact) mass is 365 g/mol. The summed E-state index contributed by atoms with van der Waals surface area (Å²) in [5.74, 6) is 0.589. The fourth-order valence-electron chi connectivity index (χ4n) is 5.99. The lowest BCUT2D eigenvalue weighted by atomic mass is 9.48. The molecule has 2 bridgehead atoms. The molecule has 2 fully saturated rings. The summed E-state index contributed by atoms with van der Waals surface area (Å²) in [7, 11) is 0. The largest absolute Gasteiger partial charge is 0.504 e. The number of piperidine rings is 1. The van der Waals surface area contributed by atoms with E-state index in [4.69, 9.17) is 4.74 Å². The normalized spacial score (nSPS) is 40.6. The third kappa shape index (κ3) is 1.80. The van der Waals surface area contributed by atoms with Crippen LogP contribution in [0.4, 0.5) is 0 Å². The molecule has 25 heavy (non-hydrogen) atoms. The number of rotatable bonds is 2. The van der Waals surface area contributed by atoms with E-state index in [-0.39, 0.29) is 24.2 Å². The highest BCUT2D eigenvalue weighted by molar-refractivity contribution is 5.85. The zero-order valence-electron chi connectivity index (χ0n) is 14.0. The molecular weight excluding hydrogens is 342 g/mol. The highest BCUT2D eigenvalue weighted by atomic mass is 35.5. The molecule has 2 aliphatic heterocycles. The van der Waals surface area contributed by atoms with Gasteiger partial charge in [-0.1, -0.05) is 12.1 Å². The number of hydrogen-bond donors (Lipinski definition) is 3. The third-order valence-corrected chi connectivity index (χ3v) is 6.91. The van der Waals surface area contributed by atoms with Gasteiger partial charge in [-0.3, -0.25) is 4.90 Å². The van der Waals surface area contributed by atoms with Crippen LogP contribution in [0, 0.1) is 0 Å². The Balaban J connectivity index is 0.00000157. The van der Waals surface area contributed by atoms with Crippen LogP contribution in [0.25, 0.3) is 0 Å². The SMILES string of the molecule is C=CCN1CC[C@]23c4c5ccc(O)c4OC2[C@@H](O)CC[C@@]3(O)[C@H]1C5.Cl. The maximum absolute atomic E-state index is 11.9. The molecule has 5 rings (SSSR count). The second kappa shape index (κ2) is 5.36. The summed E-state index contributed by atoms with van der Waals surface area (Å²) in [5, 5.41) is 32.8. The van der Waals surface area contributed by atoms with Crippen molar-refractivity contribution in [3.8, 4) is 11.5 Å². The molecule has 0 aromatic heterocycles. The van der Waals surface area contributed by atoms with Gasteiger partial charge in [0.05, 0.1) is 17.1 Å². The first-order chi connectivity index (χ1) is 11.5. The van der Waals surface area contributed by atoms with Crippen LogP contribution in [-0.2, 0) is 11.8 Å². The highest BCUT2D eigenvalue weighted by Gasteiger charge is 2.72. The van der Waals surface area contributed by atoms with Gasteiger partial charge >= 0.3 is 0 Å². The second-order valence-electron chi connectivity index (χ2n) is 7.74. The average molecular weight is 366 g/mol. The van der Waals surface area contributed by atoms with E-state index in [2.05, 4.69) is 11.5 Å². The van der Waals surface area contributed by atoms with Crippen molar-refractivity contribution in [2.24, 2.45) is 0 Å². The Hall–Kier alpha value is -1.27. The summed E-state index contributed by atoms with van der Waals surface area (Å²) < 4.78 is 6.08. The van der Waals surface area contributed by atoms with Crippen molar-refractivity contribution in [3.63, 3.8) is 0 Å². The van der Waals surface area contributed by atoms with Crippen molar-refractivity contribution in [3.05, 3.63) is 35.9 Å². The van der Waals surface area contributed by atoms with E-state index in [0.29, 0.717) is 18.6 Å². The van der Waals surface area contributed by atoms with Gasteiger partial charge in [0.2, 0.25) is 0 Å². The van der Waals surface area contributed by atoms with Gasteiger partial charge in [-0.25, -0.2) is 0 Å². The molecule has 136 valence electrons. The van der Waals surface area contributed by atoms with E-state index in [1.165, 1.54) is 0 Å². The molecule has 4 aliphatic rings. The maximum Gasteiger partial charge on any atom is 0.165 e. The number of halogens is 1. The van der Waals surface area contributed by atoms with Gasteiger partial charge in [0.25, 0.3) is 0 Å². The Morgan fingerprint density at radius 2 is 2.16 bits per heavy atom. The minimum atomic E-state index is -0.940.